The third kappa shape index (κ3) is 3.25. The molecule has 2 nitrogen and oxygen atoms in total. The Morgan fingerprint density at radius 1 is 0.969 bits per heavy atom. The second kappa shape index (κ2) is 7.70. The summed E-state index contributed by atoms with van der Waals surface area (Å²) in [6, 6.07) is 0. The number of allylic oxidation sites excluding steroid dienone is 4. The smallest absolute Gasteiger partial charge is 0.168 e. The van der Waals surface area contributed by atoms with Crippen LogP contribution in [-0.2, 0) is 0 Å². The molecule has 0 radical (unpaired) electrons. The molecule has 2 heteroatoms. The van der Waals surface area contributed by atoms with Crippen molar-refractivity contribution in [1.29, 1.82) is 0 Å². The molecule has 4 aliphatic rings. The largest absolute Gasteiger partial charge is 0.365 e. The molecule has 3 fully saturated rings. The lowest BCUT2D eigenvalue weighted by atomic mass is 9.34. The fourth-order valence-electron chi connectivity index (χ4n) is 9.59. The summed E-state index contributed by atoms with van der Waals surface area (Å²) in [7, 11) is 0. The van der Waals surface area contributed by atoms with Gasteiger partial charge in [0, 0.05) is 11.8 Å². The molecular formula is C30H50O2. The Kier molecular flexibility index (Phi) is 5.90. The van der Waals surface area contributed by atoms with Gasteiger partial charge in [0.15, 0.2) is 5.79 Å². The zero-order valence-corrected chi connectivity index (χ0v) is 22.2. The van der Waals surface area contributed by atoms with E-state index in [1.165, 1.54) is 37.7 Å². The van der Waals surface area contributed by atoms with Crippen LogP contribution in [0.2, 0.25) is 0 Å². The van der Waals surface area contributed by atoms with Gasteiger partial charge in [-0.1, -0.05) is 64.8 Å². The average molecular weight is 443 g/mol. The van der Waals surface area contributed by atoms with Crippen LogP contribution in [0, 0.1) is 45.3 Å². The van der Waals surface area contributed by atoms with Gasteiger partial charge in [0.05, 0.1) is 0 Å². The van der Waals surface area contributed by atoms with Crippen LogP contribution in [0.3, 0.4) is 0 Å². The van der Waals surface area contributed by atoms with E-state index in [0.29, 0.717) is 30.1 Å². The quantitative estimate of drug-likeness (QED) is 0.346. The van der Waals surface area contributed by atoms with Crippen molar-refractivity contribution in [3.05, 3.63) is 23.3 Å². The van der Waals surface area contributed by atoms with Gasteiger partial charge in [0.2, 0.25) is 0 Å². The fraction of sp³-hybridized carbons (Fsp3) is 0.867. The first kappa shape index (κ1) is 24.5. The van der Waals surface area contributed by atoms with Crippen LogP contribution >= 0.6 is 0 Å². The highest BCUT2D eigenvalue weighted by molar-refractivity contribution is 5.29. The molecule has 0 heterocycles. The molecule has 0 aliphatic heterocycles. The van der Waals surface area contributed by atoms with Gasteiger partial charge >= 0.3 is 0 Å². The second-order valence-corrected chi connectivity index (χ2v) is 13.9. The zero-order valence-electron chi connectivity index (χ0n) is 22.2. The Bertz CT molecular complexity index is 800. The van der Waals surface area contributed by atoms with Crippen molar-refractivity contribution >= 4 is 0 Å². The molecule has 0 aromatic heterocycles. The summed E-state index contributed by atoms with van der Waals surface area (Å²) in [6.45, 7) is 19.0. The summed E-state index contributed by atoms with van der Waals surface area (Å²) in [5.74, 6) is 0.517. The average Bonchev–Trinajstić information content (AvgIpc) is 3.04. The summed E-state index contributed by atoms with van der Waals surface area (Å²) in [5, 5.41) is 22.9. The molecule has 0 spiro atoms. The van der Waals surface area contributed by atoms with Crippen LogP contribution in [0.1, 0.15) is 113 Å². The summed E-state index contributed by atoms with van der Waals surface area (Å²) >= 11 is 0. The Morgan fingerprint density at radius 2 is 1.66 bits per heavy atom. The minimum absolute atomic E-state index is 0.156. The molecule has 4 aliphatic carbocycles. The van der Waals surface area contributed by atoms with Crippen LogP contribution in [0.25, 0.3) is 0 Å². The topological polar surface area (TPSA) is 40.5 Å². The first-order valence-electron chi connectivity index (χ1n) is 13.5. The monoisotopic (exact) mass is 442 g/mol. The summed E-state index contributed by atoms with van der Waals surface area (Å²) in [6.07, 6.45) is 14.7. The lowest BCUT2D eigenvalue weighted by Crippen LogP contribution is -2.69. The maximum Gasteiger partial charge on any atom is 0.168 e. The molecule has 0 saturated heterocycles. The van der Waals surface area contributed by atoms with Gasteiger partial charge in [-0.15, -0.1) is 0 Å². The van der Waals surface area contributed by atoms with Crippen LogP contribution in [0.5, 0.6) is 0 Å². The molecule has 4 rings (SSSR count). The Morgan fingerprint density at radius 3 is 2.31 bits per heavy atom. The lowest BCUT2D eigenvalue weighted by Gasteiger charge is -2.71. The van der Waals surface area contributed by atoms with E-state index >= 15 is 0 Å². The summed E-state index contributed by atoms with van der Waals surface area (Å²) in [4.78, 5) is 0. The Balaban J connectivity index is 1.64. The molecule has 0 bridgehead atoms. The summed E-state index contributed by atoms with van der Waals surface area (Å²) in [5.41, 5.74) is 3.29. The fourth-order valence-corrected chi connectivity index (χ4v) is 9.59. The highest BCUT2D eigenvalue weighted by Crippen LogP contribution is 2.75. The SMILES string of the molecule is CC(C)=CCC[C@@H](C)C1=CC[C@@]2(C)[C@H]1CC[C@H]1[C@]3(C)[C@@H](CC[C@@]12C)C(C)(C)CCC3(O)O. The Hall–Kier alpha value is -0.600. The third-order valence-corrected chi connectivity index (χ3v) is 11.8. The maximum atomic E-state index is 11.5. The van der Waals surface area contributed by atoms with Crippen molar-refractivity contribution in [1.82, 2.24) is 0 Å². The standard InChI is InChI=1S/C30H50O2/c1-20(2)10-9-11-21(3)22-14-16-27(6)23(22)12-13-25-28(27,7)17-15-24-26(4,5)18-19-30(31,32)29(24,25)8/h10,14,21,23-25,31-32H,9,11-13,15-19H2,1-8H3/t21-,23+,24+,25-,27+,28+,29+/m1/s1. The van der Waals surface area contributed by atoms with Gasteiger partial charge in [0.1, 0.15) is 0 Å². The molecule has 32 heavy (non-hydrogen) atoms. The van der Waals surface area contributed by atoms with Gasteiger partial charge in [-0.2, -0.15) is 0 Å². The van der Waals surface area contributed by atoms with Gasteiger partial charge in [-0.05, 0) is 105 Å². The zero-order chi connectivity index (χ0) is 23.7. The van der Waals surface area contributed by atoms with Crippen LogP contribution in [0.15, 0.2) is 23.3 Å². The third-order valence-electron chi connectivity index (χ3n) is 11.8. The van der Waals surface area contributed by atoms with E-state index < -0.39 is 11.2 Å². The van der Waals surface area contributed by atoms with Crippen LogP contribution in [0.4, 0.5) is 0 Å². The predicted octanol–water partition coefficient (Wildman–Crippen LogP) is 7.66. The van der Waals surface area contributed by atoms with Gasteiger partial charge in [0.25, 0.3) is 0 Å². The van der Waals surface area contributed by atoms with Crippen molar-refractivity contribution in [3.8, 4) is 0 Å². The molecule has 0 aromatic carbocycles. The highest BCUT2D eigenvalue weighted by atomic mass is 16.5. The number of rotatable bonds is 4. The maximum absolute atomic E-state index is 11.5. The van der Waals surface area contributed by atoms with E-state index in [0.717, 1.165) is 19.3 Å². The van der Waals surface area contributed by atoms with E-state index in [2.05, 4.69) is 67.5 Å². The number of hydrogen-bond acceptors (Lipinski definition) is 2. The minimum atomic E-state index is -1.55. The first-order chi connectivity index (χ1) is 14.7. The molecular weight excluding hydrogens is 392 g/mol. The second-order valence-electron chi connectivity index (χ2n) is 13.9. The van der Waals surface area contributed by atoms with E-state index in [4.69, 9.17) is 0 Å². The van der Waals surface area contributed by atoms with Crippen LogP contribution < -0.4 is 0 Å². The number of aliphatic hydroxyl groups is 2. The van der Waals surface area contributed by atoms with Crippen LogP contribution in [-0.4, -0.2) is 16.0 Å². The first-order valence-corrected chi connectivity index (χ1v) is 13.5. The Labute approximate surface area is 198 Å². The van der Waals surface area contributed by atoms with E-state index in [1.54, 1.807) is 5.57 Å². The molecule has 2 N–H and O–H groups in total. The van der Waals surface area contributed by atoms with Gasteiger partial charge < -0.3 is 10.2 Å². The number of hydrogen-bond donors (Lipinski definition) is 2. The molecule has 0 aromatic rings. The minimum Gasteiger partial charge on any atom is -0.365 e. The molecule has 7 atom stereocenters. The van der Waals surface area contributed by atoms with Crippen molar-refractivity contribution in [2.45, 2.75) is 119 Å². The van der Waals surface area contributed by atoms with E-state index in [9.17, 15) is 10.2 Å². The normalized spacial score (nSPS) is 45.2. The lowest BCUT2D eigenvalue weighted by molar-refractivity contribution is -0.346. The van der Waals surface area contributed by atoms with Gasteiger partial charge in [-0.25, -0.2) is 0 Å². The predicted molar refractivity (Wildman–Crippen MR) is 134 cm³/mol. The molecule has 0 amide bonds. The van der Waals surface area contributed by atoms with Crippen molar-refractivity contribution in [3.63, 3.8) is 0 Å². The number of fused-ring (bicyclic) bond motifs is 5. The van der Waals surface area contributed by atoms with E-state index in [-0.39, 0.29) is 16.2 Å². The van der Waals surface area contributed by atoms with Gasteiger partial charge in [-0.3, -0.25) is 0 Å². The van der Waals surface area contributed by atoms with E-state index in [1.807, 2.05) is 0 Å². The highest BCUT2D eigenvalue weighted by Gasteiger charge is 2.71. The molecule has 182 valence electrons. The van der Waals surface area contributed by atoms with Crippen molar-refractivity contribution in [2.75, 3.05) is 0 Å². The summed E-state index contributed by atoms with van der Waals surface area (Å²) < 4.78 is 0. The van der Waals surface area contributed by atoms with Crippen molar-refractivity contribution in [2.24, 2.45) is 45.3 Å². The van der Waals surface area contributed by atoms with Crippen molar-refractivity contribution < 1.29 is 10.2 Å². The molecule has 3 saturated carbocycles. The molecule has 0 unspecified atom stereocenters.